The summed E-state index contributed by atoms with van der Waals surface area (Å²) in [6.07, 6.45) is 1.29. The fourth-order valence-corrected chi connectivity index (χ4v) is 3.58. The number of para-hydroxylation sites is 1. The number of carbonyl (C=O) groups excluding carboxylic acids is 2. The van der Waals surface area contributed by atoms with Gasteiger partial charge in [-0.25, -0.2) is 5.01 Å². The maximum Gasteiger partial charge on any atom is 0.315 e. The van der Waals surface area contributed by atoms with Crippen molar-refractivity contribution in [3.8, 4) is 11.5 Å². The standard InChI is InChI=1S/C25H20ClN3O6/c1-2-34-22-14-17(12-20-24(30)27-28(25(20)31)19-6-4-3-5-7-19)13-21(29(32)33)23(22)35-15-16-8-10-18(26)11-9-16/h3-14H,2,15H2,1H3,(H,27,30). The summed E-state index contributed by atoms with van der Waals surface area (Å²) in [5.41, 5.74) is 3.46. The fraction of sp³-hybridized carbons (Fsp3) is 0.120. The SMILES string of the molecule is CCOc1cc(C=C2C(=O)NN(c3ccccc3)C2=O)cc([N+](=O)[O-])c1OCc1ccc(Cl)cc1. The molecule has 1 fully saturated rings. The van der Waals surface area contributed by atoms with Crippen LogP contribution in [0.25, 0.3) is 6.08 Å². The van der Waals surface area contributed by atoms with Gasteiger partial charge in [-0.15, -0.1) is 0 Å². The van der Waals surface area contributed by atoms with Gasteiger partial charge in [0.1, 0.15) is 12.2 Å². The smallest absolute Gasteiger partial charge is 0.315 e. The molecule has 0 spiro atoms. The first-order chi connectivity index (χ1) is 16.9. The van der Waals surface area contributed by atoms with E-state index < -0.39 is 16.7 Å². The topological polar surface area (TPSA) is 111 Å². The van der Waals surface area contributed by atoms with Gasteiger partial charge in [0.15, 0.2) is 5.75 Å². The van der Waals surface area contributed by atoms with Crippen molar-refractivity contribution >= 4 is 40.9 Å². The van der Waals surface area contributed by atoms with Gasteiger partial charge in [0.2, 0.25) is 5.75 Å². The molecule has 0 radical (unpaired) electrons. The van der Waals surface area contributed by atoms with E-state index in [2.05, 4.69) is 5.43 Å². The Morgan fingerprint density at radius 1 is 1.06 bits per heavy atom. The molecule has 10 heteroatoms. The fourth-order valence-electron chi connectivity index (χ4n) is 3.45. The molecule has 2 amide bonds. The monoisotopic (exact) mass is 493 g/mol. The number of carbonyl (C=O) groups is 2. The zero-order valence-electron chi connectivity index (χ0n) is 18.6. The second-order valence-corrected chi connectivity index (χ2v) is 7.88. The Balaban J connectivity index is 1.68. The average Bonchev–Trinajstić information content (AvgIpc) is 3.13. The van der Waals surface area contributed by atoms with Gasteiger partial charge in [-0.05, 0) is 54.5 Å². The lowest BCUT2D eigenvalue weighted by Gasteiger charge is -2.14. The summed E-state index contributed by atoms with van der Waals surface area (Å²) < 4.78 is 11.4. The van der Waals surface area contributed by atoms with Crippen LogP contribution in [0.15, 0.2) is 72.3 Å². The van der Waals surface area contributed by atoms with Crippen molar-refractivity contribution in [1.29, 1.82) is 0 Å². The van der Waals surface area contributed by atoms with E-state index in [4.69, 9.17) is 21.1 Å². The Labute approximate surface area is 205 Å². The molecule has 35 heavy (non-hydrogen) atoms. The molecule has 1 heterocycles. The van der Waals surface area contributed by atoms with E-state index in [9.17, 15) is 19.7 Å². The summed E-state index contributed by atoms with van der Waals surface area (Å²) in [5, 5.41) is 13.5. The van der Waals surface area contributed by atoms with Crippen LogP contribution in [0.5, 0.6) is 11.5 Å². The van der Waals surface area contributed by atoms with Gasteiger partial charge in [0.25, 0.3) is 11.8 Å². The first-order valence-electron chi connectivity index (χ1n) is 10.6. The highest BCUT2D eigenvalue weighted by Crippen LogP contribution is 2.40. The van der Waals surface area contributed by atoms with Crippen molar-refractivity contribution in [2.75, 3.05) is 11.6 Å². The van der Waals surface area contributed by atoms with Crippen molar-refractivity contribution in [3.63, 3.8) is 0 Å². The third-order valence-corrected chi connectivity index (χ3v) is 5.32. The number of hydrogen-bond acceptors (Lipinski definition) is 6. The van der Waals surface area contributed by atoms with E-state index >= 15 is 0 Å². The summed E-state index contributed by atoms with van der Waals surface area (Å²) in [7, 11) is 0. The summed E-state index contributed by atoms with van der Waals surface area (Å²) in [4.78, 5) is 36.7. The zero-order chi connectivity index (χ0) is 24.9. The summed E-state index contributed by atoms with van der Waals surface area (Å²) in [5.74, 6) is -1.14. The molecule has 1 N–H and O–H groups in total. The highest BCUT2D eigenvalue weighted by Gasteiger charge is 2.34. The van der Waals surface area contributed by atoms with Gasteiger partial charge in [-0.2, -0.15) is 0 Å². The van der Waals surface area contributed by atoms with Crippen LogP contribution in [0.2, 0.25) is 5.02 Å². The lowest BCUT2D eigenvalue weighted by Crippen LogP contribution is -2.35. The maximum atomic E-state index is 12.9. The van der Waals surface area contributed by atoms with E-state index in [-0.39, 0.29) is 41.5 Å². The van der Waals surface area contributed by atoms with Crippen LogP contribution in [0.3, 0.4) is 0 Å². The van der Waals surface area contributed by atoms with Crippen LogP contribution in [0.1, 0.15) is 18.1 Å². The number of hydrazine groups is 1. The van der Waals surface area contributed by atoms with Crippen LogP contribution in [-0.4, -0.2) is 23.3 Å². The van der Waals surface area contributed by atoms with Gasteiger partial charge in [-0.3, -0.25) is 25.1 Å². The Morgan fingerprint density at radius 2 is 1.77 bits per heavy atom. The van der Waals surface area contributed by atoms with E-state index in [1.165, 1.54) is 18.2 Å². The largest absolute Gasteiger partial charge is 0.490 e. The predicted octanol–water partition coefficient (Wildman–Crippen LogP) is 4.69. The minimum atomic E-state index is -0.623. The minimum absolute atomic E-state index is 0.0471. The van der Waals surface area contributed by atoms with Crippen molar-refractivity contribution in [1.82, 2.24) is 5.43 Å². The second kappa shape index (κ2) is 10.3. The van der Waals surface area contributed by atoms with Gasteiger partial charge in [0, 0.05) is 11.1 Å². The van der Waals surface area contributed by atoms with E-state index in [0.717, 1.165) is 10.6 Å². The quantitative estimate of drug-likeness (QED) is 0.211. The zero-order valence-corrected chi connectivity index (χ0v) is 19.3. The first kappa shape index (κ1) is 23.8. The minimum Gasteiger partial charge on any atom is -0.490 e. The second-order valence-electron chi connectivity index (χ2n) is 7.45. The van der Waals surface area contributed by atoms with Gasteiger partial charge in [-0.1, -0.05) is 41.9 Å². The van der Waals surface area contributed by atoms with Crippen molar-refractivity contribution < 1.29 is 24.0 Å². The lowest BCUT2D eigenvalue weighted by atomic mass is 10.1. The highest BCUT2D eigenvalue weighted by molar-refractivity contribution is 6.31. The average molecular weight is 494 g/mol. The summed E-state index contributed by atoms with van der Waals surface area (Å²) in [6, 6.07) is 18.2. The molecule has 0 aromatic heterocycles. The molecule has 3 aromatic carbocycles. The normalized spacial score (nSPS) is 14.2. The Bertz CT molecular complexity index is 1310. The van der Waals surface area contributed by atoms with E-state index in [0.29, 0.717) is 10.7 Å². The number of amides is 2. The van der Waals surface area contributed by atoms with Crippen LogP contribution in [0.4, 0.5) is 11.4 Å². The van der Waals surface area contributed by atoms with Gasteiger partial charge >= 0.3 is 5.69 Å². The number of benzene rings is 3. The summed E-state index contributed by atoms with van der Waals surface area (Å²) >= 11 is 5.90. The molecule has 178 valence electrons. The summed E-state index contributed by atoms with van der Waals surface area (Å²) in [6.45, 7) is 1.99. The number of halogens is 1. The number of nitro groups is 1. The predicted molar refractivity (Wildman–Crippen MR) is 130 cm³/mol. The Hall–Kier alpha value is -4.37. The van der Waals surface area contributed by atoms with Crippen LogP contribution in [0, 0.1) is 10.1 Å². The number of ether oxygens (including phenoxy) is 2. The van der Waals surface area contributed by atoms with Crippen molar-refractivity contribution in [2.45, 2.75) is 13.5 Å². The molecule has 1 aliphatic rings. The van der Waals surface area contributed by atoms with Crippen LogP contribution >= 0.6 is 11.6 Å². The number of anilines is 1. The molecule has 9 nitrogen and oxygen atoms in total. The molecule has 0 aliphatic carbocycles. The van der Waals surface area contributed by atoms with Crippen LogP contribution < -0.4 is 19.9 Å². The molecule has 1 aliphatic heterocycles. The highest BCUT2D eigenvalue weighted by atomic mass is 35.5. The lowest BCUT2D eigenvalue weighted by molar-refractivity contribution is -0.386. The molecule has 4 rings (SSSR count). The molecule has 0 unspecified atom stereocenters. The van der Waals surface area contributed by atoms with E-state index in [1.807, 2.05) is 0 Å². The first-order valence-corrected chi connectivity index (χ1v) is 11.0. The molecule has 3 aromatic rings. The van der Waals surface area contributed by atoms with Crippen molar-refractivity contribution in [2.24, 2.45) is 0 Å². The number of rotatable bonds is 8. The molecular formula is C25H20ClN3O6. The Kier molecular flexibility index (Phi) is 6.98. The molecule has 0 atom stereocenters. The molecule has 1 saturated heterocycles. The molecular weight excluding hydrogens is 474 g/mol. The van der Waals surface area contributed by atoms with Crippen molar-refractivity contribution in [3.05, 3.63) is 98.6 Å². The number of nitrogens with zero attached hydrogens (tertiary/aromatic N) is 2. The Morgan fingerprint density at radius 3 is 2.43 bits per heavy atom. The molecule has 0 bridgehead atoms. The number of nitrogens with one attached hydrogen (secondary N) is 1. The van der Waals surface area contributed by atoms with Gasteiger partial charge < -0.3 is 9.47 Å². The maximum absolute atomic E-state index is 12.9. The number of hydrogen-bond donors (Lipinski definition) is 1. The van der Waals surface area contributed by atoms with Gasteiger partial charge in [0.05, 0.1) is 17.2 Å². The number of nitro benzene ring substituents is 1. The molecule has 0 saturated carbocycles. The third kappa shape index (κ3) is 5.25. The third-order valence-electron chi connectivity index (χ3n) is 5.07. The van der Waals surface area contributed by atoms with Crippen LogP contribution in [-0.2, 0) is 16.2 Å². The van der Waals surface area contributed by atoms with E-state index in [1.54, 1.807) is 61.5 Å².